The molecule has 0 aliphatic rings. The van der Waals surface area contributed by atoms with E-state index in [0.717, 1.165) is 5.69 Å². The minimum Gasteiger partial charge on any atom is -0.766 e. The van der Waals surface area contributed by atoms with Crippen molar-refractivity contribution in [2.75, 3.05) is 33.2 Å². The Balaban J connectivity index is 3.32. The second-order valence-corrected chi connectivity index (χ2v) is 4.43. The second-order valence-electron chi connectivity index (χ2n) is 4.02. The van der Waals surface area contributed by atoms with E-state index in [0.29, 0.717) is 0 Å². The number of methoxy groups -OCH3 is 2. The lowest BCUT2D eigenvalue weighted by Gasteiger charge is -2.13. The molecule has 0 unspecified atom stereocenters. The third-order valence-corrected chi connectivity index (χ3v) is 2.91. The molecule has 0 radical (unpaired) electrons. The number of hydrogen-bond acceptors (Lipinski definition) is 6. The standard InChI is InChI=1S/C13H16N2O4S/c1-14(2)9-5-7-15(8-6-9)10(12(16)18-3)11(20)13(17)19-4/h5-8H,1-4H3. The first-order valence-electron chi connectivity index (χ1n) is 5.69. The highest BCUT2D eigenvalue weighted by Gasteiger charge is 2.24. The molecule has 0 saturated heterocycles. The summed E-state index contributed by atoms with van der Waals surface area (Å²) in [4.78, 5) is 25.0. The first-order valence-corrected chi connectivity index (χ1v) is 6.10. The average Bonchev–Trinajstić information content (AvgIpc) is 2.46. The van der Waals surface area contributed by atoms with E-state index in [-0.39, 0.29) is 10.6 Å². The highest BCUT2D eigenvalue weighted by atomic mass is 32.1. The van der Waals surface area contributed by atoms with E-state index in [4.69, 9.17) is 12.6 Å². The summed E-state index contributed by atoms with van der Waals surface area (Å²) < 4.78 is 10.6. The Morgan fingerprint density at radius 2 is 1.60 bits per heavy atom. The fraction of sp³-hybridized carbons (Fsp3) is 0.308. The van der Waals surface area contributed by atoms with Crippen LogP contribution in [0.25, 0.3) is 5.70 Å². The van der Waals surface area contributed by atoms with Gasteiger partial charge in [0.2, 0.25) is 0 Å². The summed E-state index contributed by atoms with van der Waals surface area (Å²) in [5.74, 6) is -1.47. The van der Waals surface area contributed by atoms with Gasteiger partial charge in [0, 0.05) is 31.9 Å². The van der Waals surface area contributed by atoms with Crippen molar-refractivity contribution in [1.29, 1.82) is 0 Å². The smallest absolute Gasteiger partial charge is 0.402 e. The van der Waals surface area contributed by atoms with E-state index in [1.807, 2.05) is 19.0 Å². The molecule has 20 heavy (non-hydrogen) atoms. The number of hydrogen-bond donors (Lipinski definition) is 0. The van der Waals surface area contributed by atoms with Gasteiger partial charge in [-0.1, -0.05) is 0 Å². The minimum atomic E-state index is -0.760. The summed E-state index contributed by atoms with van der Waals surface area (Å²) in [6, 6.07) is 3.56. The van der Waals surface area contributed by atoms with Crippen LogP contribution in [-0.2, 0) is 31.7 Å². The molecule has 0 bridgehead atoms. The number of pyridine rings is 1. The van der Waals surface area contributed by atoms with Crippen LogP contribution in [0.2, 0.25) is 0 Å². The van der Waals surface area contributed by atoms with Crippen LogP contribution in [0.1, 0.15) is 0 Å². The predicted octanol–water partition coefficient (Wildman–Crippen LogP) is 0.102. The number of carbonyl (C=O) groups excluding carboxylic acids is 2. The molecule has 0 saturated carbocycles. The summed E-state index contributed by atoms with van der Waals surface area (Å²) in [6.45, 7) is 0. The molecule has 6 nitrogen and oxygen atoms in total. The van der Waals surface area contributed by atoms with E-state index in [2.05, 4.69) is 9.47 Å². The van der Waals surface area contributed by atoms with E-state index in [1.54, 1.807) is 24.5 Å². The van der Waals surface area contributed by atoms with Crippen LogP contribution < -0.4 is 9.47 Å². The lowest BCUT2D eigenvalue weighted by molar-refractivity contribution is -0.578. The quantitative estimate of drug-likeness (QED) is 0.340. The molecule has 0 atom stereocenters. The van der Waals surface area contributed by atoms with Gasteiger partial charge in [-0.05, 0) is 4.91 Å². The van der Waals surface area contributed by atoms with Crippen molar-refractivity contribution in [1.82, 2.24) is 0 Å². The van der Waals surface area contributed by atoms with Crippen LogP contribution in [0.4, 0.5) is 5.69 Å². The molecule has 1 aromatic heterocycles. The molecule has 0 fully saturated rings. The van der Waals surface area contributed by atoms with Gasteiger partial charge in [-0.2, -0.15) is 4.57 Å². The maximum Gasteiger partial charge on any atom is 0.402 e. The van der Waals surface area contributed by atoms with Gasteiger partial charge < -0.3 is 27.0 Å². The Bertz CT molecular complexity index is 538. The van der Waals surface area contributed by atoms with Crippen molar-refractivity contribution in [2.45, 2.75) is 0 Å². The van der Waals surface area contributed by atoms with Gasteiger partial charge in [0.25, 0.3) is 5.70 Å². The van der Waals surface area contributed by atoms with Crippen LogP contribution in [0, 0.1) is 0 Å². The Kier molecular flexibility index (Phi) is 5.45. The van der Waals surface area contributed by atoms with Gasteiger partial charge in [0.15, 0.2) is 12.4 Å². The molecule has 0 N–H and O–H groups in total. The maximum atomic E-state index is 11.8. The van der Waals surface area contributed by atoms with Gasteiger partial charge in [-0.15, -0.1) is 0 Å². The zero-order valence-corrected chi connectivity index (χ0v) is 12.6. The molecule has 1 heterocycles. The number of ether oxygens (including phenoxy) is 2. The number of rotatable bonds is 4. The van der Waals surface area contributed by atoms with Crippen molar-refractivity contribution in [3.8, 4) is 0 Å². The highest BCUT2D eigenvalue weighted by molar-refractivity contribution is 7.65. The van der Waals surface area contributed by atoms with Crippen LogP contribution in [0.3, 0.4) is 0 Å². The normalized spacial score (nSPS) is 11.4. The Morgan fingerprint density at radius 1 is 1.10 bits per heavy atom. The third-order valence-electron chi connectivity index (χ3n) is 2.55. The Morgan fingerprint density at radius 3 is 2.00 bits per heavy atom. The molecule has 1 rings (SSSR count). The Hall–Kier alpha value is -2.15. The maximum absolute atomic E-state index is 11.8. The highest BCUT2D eigenvalue weighted by Crippen LogP contribution is 2.10. The first-order chi connectivity index (χ1) is 9.42. The third kappa shape index (κ3) is 3.45. The van der Waals surface area contributed by atoms with Gasteiger partial charge in [0.1, 0.15) is 0 Å². The van der Waals surface area contributed by atoms with E-state index in [9.17, 15) is 9.59 Å². The van der Waals surface area contributed by atoms with Crippen LogP contribution >= 0.6 is 0 Å². The lowest BCUT2D eigenvalue weighted by atomic mass is 10.3. The lowest BCUT2D eigenvalue weighted by Crippen LogP contribution is -2.38. The monoisotopic (exact) mass is 296 g/mol. The molecule has 0 aliphatic heterocycles. The van der Waals surface area contributed by atoms with Crippen molar-refractivity contribution >= 4 is 36.0 Å². The fourth-order valence-corrected chi connectivity index (χ4v) is 1.74. The summed E-state index contributed by atoms with van der Waals surface area (Å²) in [7, 11) is 6.20. The first kappa shape index (κ1) is 15.9. The summed E-state index contributed by atoms with van der Waals surface area (Å²) in [5.41, 5.74) is 0.883. The van der Waals surface area contributed by atoms with Gasteiger partial charge in [0.05, 0.1) is 14.2 Å². The largest absolute Gasteiger partial charge is 0.766 e. The summed E-state index contributed by atoms with van der Waals surface area (Å²) in [5, 5.41) is 0. The number of aromatic nitrogens is 1. The molecule has 108 valence electrons. The molecule has 0 amide bonds. The van der Waals surface area contributed by atoms with Crippen LogP contribution in [-0.4, -0.2) is 40.3 Å². The van der Waals surface area contributed by atoms with Crippen LogP contribution in [0.5, 0.6) is 0 Å². The van der Waals surface area contributed by atoms with E-state index >= 15 is 0 Å². The van der Waals surface area contributed by atoms with Crippen LogP contribution in [0.15, 0.2) is 29.4 Å². The molecule has 1 aromatic rings. The topological polar surface area (TPSA) is 59.7 Å². The number of esters is 2. The van der Waals surface area contributed by atoms with Crippen molar-refractivity contribution in [3.05, 3.63) is 29.4 Å². The number of nitrogens with zero attached hydrogens (tertiary/aromatic N) is 2. The minimum absolute atomic E-state index is 0.0559. The molecule has 0 aliphatic carbocycles. The van der Waals surface area contributed by atoms with E-state index in [1.165, 1.54) is 18.8 Å². The summed E-state index contributed by atoms with van der Waals surface area (Å²) in [6.07, 6.45) is 3.24. The van der Waals surface area contributed by atoms with Gasteiger partial charge in [-0.3, -0.25) is 0 Å². The average molecular weight is 296 g/mol. The second kappa shape index (κ2) is 6.85. The van der Waals surface area contributed by atoms with Crippen molar-refractivity contribution in [2.24, 2.45) is 0 Å². The van der Waals surface area contributed by atoms with Gasteiger partial charge >= 0.3 is 11.9 Å². The molecule has 0 spiro atoms. The van der Waals surface area contributed by atoms with Gasteiger partial charge in [-0.25, -0.2) is 9.59 Å². The summed E-state index contributed by atoms with van der Waals surface area (Å²) >= 11 is 4.96. The fourth-order valence-electron chi connectivity index (χ4n) is 1.47. The zero-order chi connectivity index (χ0) is 15.3. The van der Waals surface area contributed by atoms with Crippen molar-refractivity contribution < 1.29 is 23.6 Å². The number of carbonyl (C=O) groups is 2. The molecular weight excluding hydrogens is 280 g/mol. The SMILES string of the molecule is COC(=O)C([S-])=C(C(=O)OC)[n+]1ccc(N(C)C)cc1. The van der Waals surface area contributed by atoms with Crippen molar-refractivity contribution in [3.63, 3.8) is 0 Å². The predicted molar refractivity (Wildman–Crippen MR) is 75.6 cm³/mol. The van der Waals surface area contributed by atoms with E-state index < -0.39 is 11.9 Å². The molecule has 7 heteroatoms. The Labute approximate surface area is 123 Å². The molecule has 0 aromatic carbocycles. The number of anilines is 1. The zero-order valence-electron chi connectivity index (χ0n) is 11.7. The molecular formula is C13H16N2O4S.